The highest BCUT2D eigenvalue weighted by molar-refractivity contribution is 8.01. The lowest BCUT2D eigenvalue weighted by Gasteiger charge is -2.46. The van der Waals surface area contributed by atoms with Gasteiger partial charge in [0, 0.05) is 39.1 Å². The Bertz CT molecular complexity index is 1530. The number of hydrogen-bond acceptors (Lipinski definition) is 12. The summed E-state index contributed by atoms with van der Waals surface area (Å²) in [6.07, 6.45) is -4.74. The number of amides is 1. The average molecular weight is 679 g/mol. The number of nitro benzene ring substituents is 1. The van der Waals surface area contributed by atoms with E-state index in [1.807, 2.05) is 6.92 Å². The minimum absolute atomic E-state index is 0.0456. The highest BCUT2D eigenvalue weighted by atomic mass is 35.5. The third kappa shape index (κ3) is 4.67. The number of nitrogens with zero attached hydrogens (tertiary/aromatic N) is 2. The molecule has 6 rings (SSSR count). The third-order valence-electron chi connectivity index (χ3n) is 9.75. The van der Waals surface area contributed by atoms with Crippen molar-refractivity contribution in [3.8, 4) is 0 Å². The molecule has 7 atom stereocenters. The van der Waals surface area contributed by atoms with Crippen molar-refractivity contribution in [1.82, 2.24) is 4.90 Å². The number of nitro groups is 1. The molecule has 0 N–H and O–H groups in total. The average Bonchev–Trinajstić information content (AvgIpc) is 3.66. The van der Waals surface area contributed by atoms with Crippen LogP contribution in [0.25, 0.3) is 0 Å². The summed E-state index contributed by atoms with van der Waals surface area (Å²) in [4.78, 5) is 53.4. The van der Waals surface area contributed by atoms with Crippen molar-refractivity contribution >= 4 is 46.7 Å². The summed E-state index contributed by atoms with van der Waals surface area (Å²) in [5.74, 6) is -1.71. The summed E-state index contributed by atoms with van der Waals surface area (Å²) in [5, 5.41) is 11.9. The van der Waals surface area contributed by atoms with Gasteiger partial charge in [0.25, 0.3) is 11.6 Å². The number of esters is 1. The molecule has 1 aromatic carbocycles. The molecule has 4 heterocycles. The number of para-hydroxylation sites is 1. The number of hydrogen-bond donors (Lipinski definition) is 0. The Hall–Kier alpha value is -2.85. The van der Waals surface area contributed by atoms with Gasteiger partial charge in [0.05, 0.1) is 21.1 Å². The van der Waals surface area contributed by atoms with Crippen molar-refractivity contribution in [2.45, 2.75) is 84.8 Å². The van der Waals surface area contributed by atoms with Gasteiger partial charge in [0.2, 0.25) is 0 Å². The third-order valence-corrected chi connectivity index (χ3v) is 11.9. The van der Waals surface area contributed by atoms with E-state index >= 15 is 0 Å². The topological polar surface area (TPSA) is 153 Å². The van der Waals surface area contributed by atoms with E-state index in [2.05, 4.69) is 6.58 Å². The number of benzene rings is 1. The Balaban J connectivity index is 1.38. The van der Waals surface area contributed by atoms with Crippen molar-refractivity contribution < 1.29 is 47.7 Å². The van der Waals surface area contributed by atoms with Crippen LogP contribution in [0, 0.1) is 10.1 Å². The monoisotopic (exact) mass is 678 g/mol. The second-order valence-electron chi connectivity index (χ2n) is 11.9. The van der Waals surface area contributed by atoms with E-state index < -0.39 is 63.5 Å². The van der Waals surface area contributed by atoms with Crippen LogP contribution in [-0.4, -0.2) is 108 Å². The molecule has 3 fully saturated rings. The molecule has 13 nitrogen and oxygen atoms in total. The van der Waals surface area contributed by atoms with Crippen LogP contribution in [0.1, 0.15) is 33.1 Å². The number of likely N-dealkylation sites (N-methyl/N-ethyl adjacent to an activating group) is 1. The summed E-state index contributed by atoms with van der Waals surface area (Å²) in [6.45, 7) is 8.21. The number of carbonyl (C=O) groups excluding carboxylic acids is 3. The highest BCUT2D eigenvalue weighted by Gasteiger charge is 2.72. The molecular weight excluding hydrogens is 644 g/mol. The molecular formula is C31H35ClN2O11S. The van der Waals surface area contributed by atoms with Gasteiger partial charge in [-0.25, -0.2) is 4.79 Å². The fraction of sp³-hybridized carbons (Fsp3) is 0.581. The predicted molar refractivity (Wildman–Crippen MR) is 163 cm³/mol. The van der Waals surface area contributed by atoms with E-state index in [0.717, 1.165) is 17.3 Å². The number of halogens is 1. The van der Waals surface area contributed by atoms with Gasteiger partial charge in [0.1, 0.15) is 6.10 Å². The lowest BCUT2D eigenvalue weighted by molar-refractivity contribution is -0.387. The molecule has 1 aliphatic carbocycles. The van der Waals surface area contributed by atoms with Gasteiger partial charge in [-0.05, 0) is 49.5 Å². The Labute approximate surface area is 274 Å². The molecule has 248 valence electrons. The largest absolute Gasteiger partial charge is 0.449 e. The maximum absolute atomic E-state index is 13.7. The zero-order valence-electron chi connectivity index (χ0n) is 25.8. The molecule has 0 saturated carbocycles. The number of rotatable bonds is 11. The number of methoxy groups -OCH3 is 2. The van der Waals surface area contributed by atoms with Gasteiger partial charge >= 0.3 is 5.97 Å². The minimum atomic E-state index is -1.61. The van der Waals surface area contributed by atoms with Crippen molar-refractivity contribution in [2.24, 2.45) is 0 Å². The van der Waals surface area contributed by atoms with E-state index in [9.17, 15) is 24.5 Å². The van der Waals surface area contributed by atoms with Gasteiger partial charge in [-0.3, -0.25) is 19.7 Å². The first kappa shape index (κ1) is 33.1. The summed E-state index contributed by atoms with van der Waals surface area (Å²) in [7, 11) is 2.93. The van der Waals surface area contributed by atoms with Crippen LogP contribution >= 0.6 is 23.4 Å². The van der Waals surface area contributed by atoms with Gasteiger partial charge in [0.15, 0.2) is 41.8 Å². The van der Waals surface area contributed by atoms with Gasteiger partial charge < -0.3 is 33.3 Å². The number of fused-ring (bicyclic) bond motifs is 6. The number of ether oxygens (including phenoxy) is 6. The fourth-order valence-corrected chi connectivity index (χ4v) is 9.33. The van der Waals surface area contributed by atoms with Crippen LogP contribution in [0.4, 0.5) is 5.69 Å². The van der Waals surface area contributed by atoms with Crippen molar-refractivity contribution in [2.75, 3.05) is 33.2 Å². The number of alkyl halides is 1. The van der Waals surface area contributed by atoms with Crippen molar-refractivity contribution in [1.29, 1.82) is 0 Å². The molecule has 0 radical (unpaired) electrons. The normalized spacial score (nSPS) is 34.8. The van der Waals surface area contributed by atoms with E-state index in [-0.39, 0.29) is 43.3 Å². The summed E-state index contributed by atoms with van der Waals surface area (Å²) < 4.78 is 34.6. The lowest BCUT2D eigenvalue weighted by atomic mass is 9.65. The van der Waals surface area contributed by atoms with E-state index in [1.54, 1.807) is 23.1 Å². The Kier molecular flexibility index (Phi) is 8.62. The van der Waals surface area contributed by atoms with E-state index in [0.29, 0.717) is 22.6 Å². The van der Waals surface area contributed by atoms with Crippen LogP contribution in [0.2, 0.25) is 0 Å². The first-order chi connectivity index (χ1) is 21.9. The van der Waals surface area contributed by atoms with Crippen LogP contribution in [-0.2, 0) is 42.8 Å². The number of Topliss-reactive ketones (excluding diaryl/α,β-unsaturated/α-hetero) is 1. The highest BCUT2D eigenvalue weighted by Crippen LogP contribution is 2.67. The Morgan fingerprint density at radius 1 is 1.26 bits per heavy atom. The van der Waals surface area contributed by atoms with Gasteiger partial charge in [-0.1, -0.05) is 18.7 Å². The number of thioether (sulfide) groups is 1. The zero-order valence-corrected chi connectivity index (χ0v) is 27.4. The Morgan fingerprint density at radius 3 is 2.61 bits per heavy atom. The first-order valence-electron chi connectivity index (χ1n) is 14.9. The quantitative estimate of drug-likeness (QED) is 0.0843. The first-order valence-corrected chi connectivity index (χ1v) is 16.3. The van der Waals surface area contributed by atoms with E-state index in [4.69, 9.17) is 40.0 Å². The Morgan fingerprint density at radius 2 is 1.98 bits per heavy atom. The number of carbonyl (C=O) groups is 3. The molecule has 0 unspecified atom stereocenters. The van der Waals surface area contributed by atoms with Crippen molar-refractivity contribution in [3.63, 3.8) is 0 Å². The maximum atomic E-state index is 13.7. The fourth-order valence-electron chi connectivity index (χ4n) is 7.45. The minimum Gasteiger partial charge on any atom is -0.449 e. The van der Waals surface area contributed by atoms with E-state index in [1.165, 1.54) is 27.2 Å². The van der Waals surface area contributed by atoms with Crippen LogP contribution in [0.5, 0.6) is 0 Å². The number of ketones is 1. The molecule has 0 aromatic heterocycles. The molecule has 1 amide bonds. The molecule has 15 heteroatoms. The molecule has 0 spiro atoms. The lowest BCUT2D eigenvalue weighted by Crippen LogP contribution is -2.55. The van der Waals surface area contributed by atoms with Crippen LogP contribution in [0.3, 0.4) is 0 Å². The smallest absolute Gasteiger partial charge is 0.339 e. The molecule has 1 aromatic rings. The van der Waals surface area contributed by atoms with Crippen LogP contribution < -0.4 is 0 Å². The zero-order chi connectivity index (χ0) is 33.2. The summed E-state index contributed by atoms with van der Waals surface area (Å²) in [5.41, 5.74) is -1.09. The SMILES string of the molecule is C=C1[C@]2(C(OC)OC)O[C@@H](C3=C2CC[C@](OC(=O)[C@@H]2O[C@H]4CN(CC)C(=O)[C@@H]2O4)(C(C)=O)C3)[C@]1(CCl)Sc1ccccc1[N+](=O)[O-]. The second-order valence-corrected chi connectivity index (χ2v) is 13.6. The molecule has 46 heavy (non-hydrogen) atoms. The molecule has 4 bridgehead atoms. The van der Waals surface area contributed by atoms with Crippen molar-refractivity contribution in [3.05, 3.63) is 57.7 Å². The maximum Gasteiger partial charge on any atom is 0.339 e. The second kappa shape index (κ2) is 12.0. The standard InChI is InChI=1S/C31H35ClN2O11S/c1-6-33-14-22-42-23(26(33)36)24(43-22)27(37)45-29(17(3)35)12-11-19-18(13-29)25-30(15-32,16(2)31(19,44-25)28(40-4)41-5)46-21-10-8-7-9-20(21)34(38)39/h7-10,22-25,28H,2,6,11-15H2,1,3-5H3/t22-,23+,24+,25-,29+,30+,31-/m0/s1. The summed E-state index contributed by atoms with van der Waals surface area (Å²) >= 11 is 7.92. The molecule has 4 aliphatic heterocycles. The van der Waals surface area contributed by atoms with Gasteiger partial charge in [-0.15, -0.1) is 23.4 Å². The van der Waals surface area contributed by atoms with Crippen LogP contribution in [0.15, 0.2) is 52.5 Å². The number of morpholine rings is 1. The molecule has 5 aliphatic rings. The molecule has 3 saturated heterocycles. The van der Waals surface area contributed by atoms with Gasteiger partial charge in [-0.2, -0.15) is 0 Å². The predicted octanol–water partition coefficient (Wildman–Crippen LogP) is 3.31. The summed E-state index contributed by atoms with van der Waals surface area (Å²) in [6, 6.07) is 6.30.